The zero-order valence-corrected chi connectivity index (χ0v) is 16.6. The Balaban J connectivity index is 1.59. The Morgan fingerprint density at radius 1 is 1.07 bits per heavy atom. The highest BCUT2D eigenvalue weighted by Gasteiger charge is 2.12. The number of piperidine rings is 1. The molecule has 4 heteroatoms. The first-order valence-electron chi connectivity index (χ1n) is 9.67. The Morgan fingerprint density at radius 3 is 2.67 bits per heavy atom. The maximum Gasteiger partial charge on any atom is 0.252 e. The molecule has 1 aliphatic heterocycles. The van der Waals surface area contributed by atoms with Crippen molar-refractivity contribution in [3.63, 3.8) is 0 Å². The second-order valence-electron chi connectivity index (χ2n) is 6.94. The Kier molecular flexibility index (Phi) is 7.55. The minimum absolute atomic E-state index is 0.0244. The third-order valence-electron chi connectivity index (χ3n) is 4.79. The molecular formula is C23H28N2OS. The fourth-order valence-electron chi connectivity index (χ4n) is 3.42. The molecule has 0 atom stereocenters. The van der Waals surface area contributed by atoms with Crippen LogP contribution in [0.2, 0.25) is 0 Å². The summed E-state index contributed by atoms with van der Waals surface area (Å²) in [6.45, 7) is 7.69. The van der Waals surface area contributed by atoms with E-state index in [2.05, 4.69) is 41.1 Å². The molecule has 1 aliphatic rings. The van der Waals surface area contributed by atoms with Gasteiger partial charge in [0.1, 0.15) is 0 Å². The molecule has 1 fully saturated rings. The van der Waals surface area contributed by atoms with Gasteiger partial charge in [0, 0.05) is 23.7 Å². The molecular weight excluding hydrogens is 352 g/mol. The molecule has 3 nitrogen and oxygen atoms in total. The Morgan fingerprint density at radius 2 is 1.85 bits per heavy atom. The molecule has 0 bridgehead atoms. The van der Waals surface area contributed by atoms with Gasteiger partial charge in [0.05, 0.1) is 5.56 Å². The molecule has 1 saturated heterocycles. The van der Waals surface area contributed by atoms with Gasteiger partial charge in [-0.3, -0.25) is 9.69 Å². The maximum absolute atomic E-state index is 12.6. The van der Waals surface area contributed by atoms with E-state index in [1.807, 2.05) is 30.3 Å². The summed E-state index contributed by atoms with van der Waals surface area (Å²) < 4.78 is 0. The number of likely N-dealkylation sites (tertiary alicyclic amines) is 1. The van der Waals surface area contributed by atoms with E-state index in [0.717, 1.165) is 28.3 Å². The summed E-state index contributed by atoms with van der Waals surface area (Å²) in [6, 6.07) is 16.3. The lowest BCUT2D eigenvalue weighted by molar-refractivity contribution is 0.0948. The third kappa shape index (κ3) is 5.98. The first kappa shape index (κ1) is 19.7. The van der Waals surface area contributed by atoms with E-state index in [9.17, 15) is 4.79 Å². The molecule has 0 aromatic heterocycles. The standard InChI is InChI=1S/C23H28N2OS/c1-2-15-27-22-12-5-4-11-21(22)23(26)24-17-19-9-8-10-20(16-19)18-25-13-6-3-7-14-25/h2,4-5,8-12,16H,1,3,6-7,13-15,17-18H2,(H,24,26). The van der Waals surface area contributed by atoms with Crippen molar-refractivity contribution < 1.29 is 4.79 Å². The highest BCUT2D eigenvalue weighted by Crippen LogP contribution is 2.22. The van der Waals surface area contributed by atoms with Crippen LogP contribution in [0.3, 0.4) is 0 Å². The van der Waals surface area contributed by atoms with E-state index in [1.54, 1.807) is 11.8 Å². The molecule has 1 heterocycles. The summed E-state index contributed by atoms with van der Waals surface area (Å²) in [5, 5.41) is 3.07. The summed E-state index contributed by atoms with van der Waals surface area (Å²) in [5.74, 6) is 0.770. The van der Waals surface area contributed by atoms with Crippen LogP contribution in [0.4, 0.5) is 0 Å². The van der Waals surface area contributed by atoms with E-state index in [4.69, 9.17) is 0 Å². The molecule has 1 N–H and O–H groups in total. The number of amides is 1. The number of nitrogens with zero attached hydrogens (tertiary/aromatic N) is 1. The fourth-order valence-corrected chi connectivity index (χ4v) is 4.21. The maximum atomic E-state index is 12.6. The van der Waals surface area contributed by atoms with Crippen LogP contribution >= 0.6 is 11.8 Å². The lowest BCUT2D eigenvalue weighted by atomic mass is 10.1. The van der Waals surface area contributed by atoms with Gasteiger partial charge in [0.15, 0.2) is 0 Å². The average Bonchev–Trinajstić information content (AvgIpc) is 2.72. The van der Waals surface area contributed by atoms with Crippen molar-refractivity contribution in [3.05, 3.63) is 77.9 Å². The predicted molar refractivity (Wildman–Crippen MR) is 114 cm³/mol. The van der Waals surface area contributed by atoms with Gasteiger partial charge in [0.25, 0.3) is 5.91 Å². The quantitative estimate of drug-likeness (QED) is 0.523. The van der Waals surface area contributed by atoms with Gasteiger partial charge < -0.3 is 5.32 Å². The van der Waals surface area contributed by atoms with Crippen molar-refractivity contribution in [2.45, 2.75) is 37.2 Å². The number of thioether (sulfide) groups is 1. The molecule has 2 aromatic carbocycles. The topological polar surface area (TPSA) is 32.3 Å². The number of carbonyl (C=O) groups excluding carboxylic acids is 1. The molecule has 27 heavy (non-hydrogen) atoms. The smallest absolute Gasteiger partial charge is 0.252 e. The van der Waals surface area contributed by atoms with Crippen LogP contribution in [0, 0.1) is 0 Å². The van der Waals surface area contributed by atoms with Crippen LogP contribution in [0.5, 0.6) is 0 Å². The normalized spacial score (nSPS) is 14.7. The SMILES string of the molecule is C=CCSc1ccccc1C(=O)NCc1cccc(CN2CCCCC2)c1. The van der Waals surface area contributed by atoms with Crippen LogP contribution in [0.1, 0.15) is 40.7 Å². The van der Waals surface area contributed by atoms with Crippen molar-refractivity contribution in [2.75, 3.05) is 18.8 Å². The number of rotatable bonds is 8. The number of carbonyl (C=O) groups is 1. The lowest BCUT2D eigenvalue weighted by Crippen LogP contribution is -2.29. The molecule has 142 valence electrons. The van der Waals surface area contributed by atoms with Gasteiger partial charge >= 0.3 is 0 Å². The van der Waals surface area contributed by atoms with Gasteiger partial charge in [0.2, 0.25) is 0 Å². The predicted octanol–water partition coefficient (Wildman–Crippen LogP) is 4.88. The van der Waals surface area contributed by atoms with Crippen LogP contribution < -0.4 is 5.32 Å². The summed E-state index contributed by atoms with van der Waals surface area (Å²) in [5.41, 5.74) is 3.20. The van der Waals surface area contributed by atoms with Crippen LogP contribution in [0.25, 0.3) is 0 Å². The first-order chi connectivity index (χ1) is 13.3. The van der Waals surface area contributed by atoms with Crippen molar-refractivity contribution in [1.29, 1.82) is 0 Å². The summed E-state index contributed by atoms with van der Waals surface area (Å²) >= 11 is 1.63. The second kappa shape index (κ2) is 10.3. The number of hydrogen-bond acceptors (Lipinski definition) is 3. The number of benzene rings is 2. The first-order valence-corrected chi connectivity index (χ1v) is 10.7. The van der Waals surface area contributed by atoms with E-state index >= 15 is 0 Å². The Bertz CT molecular complexity index is 768. The molecule has 0 unspecified atom stereocenters. The van der Waals surface area contributed by atoms with E-state index < -0.39 is 0 Å². The zero-order chi connectivity index (χ0) is 18.9. The molecule has 0 aliphatic carbocycles. The lowest BCUT2D eigenvalue weighted by Gasteiger charge is -2.26. The number of hydrogen-bond donors (Lipinski definition) is 1. The van der Waals surface area contributed by atoms with Gasteiger partial charge in [-0.1, -0.05) is 48.9 Å². The average molecular weight is 381 g/mol. The molecule has 1 amide bonds. The van der Waals surface area contributed by atoms with Gasteiger partial charge in [-0.15, -0.1) is 18.3 Å². The summed E-state index contributed by atoms with van der Waals surface area (Å²) in [7, 11) is 0. The van der Waals surface area contributed by atoms with Crippen molar-refractivity contribution in [2.24, 2.45) is 0 Å². The molecule has 2 aromatic rings. The van der Waals surface area contributed by atoms with E-state index in [0.29, 0.717) is 6.54 Å². The monoisotopic (exact) mass is 380 g/mol. The molecule has 0 saturated carbocycles. The van der Waals surface area contributed by atoms with Crippen molar-refractivity contribution >= 4 is 17.7 Å². The van der Waals surface area contributed by atoms with Gasteiger partial charge in [-0.05, 0) is 49.2 Å². The molecule has 0 radical (unpaired) electrons. The van der Waals surface area contributed by atoms with Crippen molar-refractivity contribution in [3.8, 4) is 0 Å². The summed E-state index contributed by atoms with van der Waals surface area (Å²) in [6.07, 6.45) is 5.82. The minimum atomic E-state index is -0.0244. The van der Waals surface area contributed by atoms with Crippen molar-refractivity contribution in [1.82, 2.24) is 10.2 Å². The fraction of sp³-hybridized carbons (Fsp3) is 0.348. The minimum Gasteiger partial charge on any atom is -0.348 e. The highest BCUT2D eigenvalue weighted by molar-refractivity contribution is 7.99. The Hall–Kier alpha value is -2.04. The van der Waals surface area contributed by atoms with Crippen LogP contribution in [-0.4, -0.2) is 29.6 Å². The van der Waals surface area contributed by atoms with Crippen LogP contribution in [0.15, 0.2) is 66.1 Å². The van der Waals surface area contributed by atoms with Crippen LogP contribution in [-0.2, 0) is 13.1 Å². The van der Waals surface area contributed by atoms with E-state index in [-0.39, 0.29) is 5.91 Å². The largest absolute Gasteiger partial charge is 0.348 e. The van der Waals surface area contributed by atoms with Gasteiger partial charge in [-0.25, -0.2) is 0 Å². The van der Waals surface area contributed by atoms with Gasteiger partial charge in [-0.2, -0.15) is 0 Å². The Labute approximate surface area is 166 Å². The van der Waals surface area contributed by atoms with E-state index in [1.165, 1.54) is 37.9 Å². The second-order valence-corrected chi connectivity index (χ2v) is 8.00. The molecule has 3 rings (SSSR count). The highest BCUT2D eigenvalue weighted by atomic mass is 32.2. The third-order valence-corrected chi connectivity index (χ3v) is 5.86. The molecule has 0 spiro atoms. The summed E-state index contributed by atoms with van der Waals surface area (Å²) in [4.78, 5) is 16.2. The zero-order valence-electron chi connectivity index (χ0n) is 15.8. The number of nitrogens with one attached hydrogen (secondary N) is 1.